The van der Waals surface area contributed by atoms with Gasteiger partial charge >= 0.3 is 11.8 Å². The quantitative estimate of drug-likeness (QED) is 0.188. The van der Waals surface area contributed by atoms with Crippen molar-refractivity contribution in [3.8, 4) is 0 Å². The Morgan fingerprint density at radius 1 is 0.868 bits per heavy atom. The molecule has 5 N–H and O–H groups in total. The molecule has 15 heteroatoms. The maximum Gasteiger partial charge on any atom is 0.314 e. The van der Waals surface area contributed by atoms with Crippen molar-refractivity contribution in [1.29, 1.82) is 0 Å². The highest BCUT2D eigenvalue weighted by atomic mass is 16.5. The summed E-state index contributed by atoms with van der Waals surface area (Å²) < 4.78 is 4.97. The van der Waals surface area contributed by atoms with E-state index in [1.807, 2.05) is 27.7 Å². The lowest BCUT2D eigenvalue weighted by atomic mass is 9.81. The zero-order valence-corrected chi connectivity index (χ0v) is 31.8. The molecule has 3 aliphatic carbocycles. The molecule has 1 aromatic rings. The van der Waals surface area contributed by atoms with Crippen LogP contribution in [0.5, 0.6) is 0 Å². The van der Waals surface area contributed by atoms with Crippen LogP contribution in [-0.2, 0) is 33.6 Å². The van der Waals surface area contributed by atoms with Gasteiger partial charge in [0.25, 0.3) is 5.91 Å². The number of carbonyl (C=O) groups is 7. The average molecular weight is 740 g/mol. The van der Waals surface area contributed by atoms with Crippen LogP contribution in [0.15, 0.2) is 10.6 Å². The summed E-state index contributed by atoms with van der Waals surface area (Å²) >= 11 is 0. The summed E-state index contributed by atoms with van der Waals surface area (Å²) in [7, 11) is 0. The largest absolute Gasteiger partial charge is 0.360 e. The van der Waals surface area contributed by atoms with Crippen molar-refractivity contribution in [3.63, 3.8) is 0 Å². The number of rotatable bonds is 13. The van der Waals surface area contributed by atoms with Gasteiger partial charge in [-0.2, -0.15) is 0 Å². The fraction of sp³-hybridized carbons (Fsp3) is 0.737. The standard InChI is InChI=1S/C38H57N7O8/c1-6-12-25(30(46)34(49)39-24-17-18-24)40-32(47)27-20-23-15-10-11-16-26(23)45(27)37(52)31(38(3,4)5)43-33(48)29(22-13-8-7-9-14-22)42-36(51)35(50)41-28-19-21(2)53-44-28/h19,22-27,29,31H,6-18,20H2,1-5H3,(H,39,49)(H,40,47)(H,42,51)(H,43,48)(H,41,44,50)/t23-,25-,26-,27-,29-,31+/m0/s1. The Labute approximate surface area is 311 Å². The summed E-state index contributed by atoms with van der Waals surface area (Å²) in [5, 5.41) is 17.2. The molecule has 1 saturated heterocycles. The van der Waals surface area contributed by atoms with Gasteiger partial charge in [-0.3, -0.25) is 38.9 Å². The number of aromatic nitrogens is 1. The third-order valence-corrected chi connectivity index (χ3v) is 11.2. The molecule has 6 atom stereocenters. The molecular weight excluding hydrogens is 682 g/mol. The van der Waals surface area contributed by atoms with Gasteiger partial charge in [-0.05, 0) is 75.5 Å². The Bertz CT molecular complexity index is 1540. The molecule has 0 spiro atoms. The highest BCUT2D eigenvalue weighted by Gasteiger charge is 2.51. The van der Waals surface area contributed by atoms with Gasteiger partial charge in [0.2, 0.25) is 23.5 Å². The number of hydrogen-bond donors (Lipinski definition) is 5. The number of aryl methyl sites for hydroxylation is 1. The van der Waals surface area contributed by atoms with Gasteiger partial charge in [0.15, 0.2) is 5.82 Å². The van der Waals surface area contributed by atoms with E-state index in [-0.39, 0.29) is 36.2 Å². The number of anilines is 1. The summed E-state index contributed by atoms with van der Waals surface area (Å²) in [6.45, 7) is 9.00. The van der Waals surface area contributed by atoms with Crippen LogP contribution in [0.1, 0.15) is 123 Å². The van der Waals surface area contributed by atoms with Crippen molar-refractivity contribution in [2.75, 3.05) is 5.32 Å². The molecule has 292 valence electrons. The molecule has 1 aliphatic heterocycles. The lowest BCUT2D eigenvalue weighted by molar-refractivity contribution is -0.148. The van der Waals surface area contributed by atoms with E-state index in [1.54, 1.807) is 11.8 Å². The predicted octanol–water partition coefficient (Wildman–Crippen LogP) is 2.81. The second kappa shape index (κ2) is 17.2. The molecule has 1 aromatic heterocycles. The van der Waals surface area contributed by atoms with Crippen molar-refractivity contribution in [1.82, 2.24) is 31.3 Å². The van der Waals surface area contributed by atoms with E-state index in [0.717, 1.165) is 51.4 Å². The van der Waals surface area contributed by atoms with Crippen molar-refractivity contribution >= 4 is 47.0 Å². The topological polar surface area (TPSA) is 209 Å². The first-order valence-corrected chi connectivity index (χ1v) is 19.5. The van der Waals surface area contributed by atoms with Crippen LogP contribution in [-0.4, -0.2) is 87.5 Å². The molecular formula is C38H57N7O8. The number of Topliss-reactive ketones (excluding diaryl/α,β-unsaturated/α-hetero) is 1. The van der Waals surface area contributed by atoms with Crippen molar-refractivity contribution in [3.05, 3.63) is 11.8 Å². The Balaban J connectivity index is 1.36. The third-order valence-electron chi connectivity index (χ3n) is 11.2. The predicted molar refractivity (Wildman–Crippen MR) is 194 cm³/mol. The second-order valence-corrected chi connectivity index (χ2v) is 16.5. The van der Waals surface area contributed by atoms with E-state index in [1.165, 1.54) is 6.07 Å². The van der Waals surface area contributed by atoms with Gasteiger partial charge in [0.1, 0.15) is 23.9 Å². The zero-order valence-electron chi connectivity index (χ0n) is 31.8. The fourth-order valence-corrected chi connectivity index (χ4v) is 8.18. The van der Waals surface area contributed by atoms with E-state index in [0.29, 0.717) is 37.9 Å². The molecule has 2 heterocycles. The lowest BCUT2D eigenvalue weighted by Crippen LogP contribution is -2.63. The number of nitrogens with one attached hydrogen (secondary N) is 5. The normalized spacial score (nSPS) is 23.5. The van der Waals surface area contributed by atoms with Crippen molar-refractivity contribution < 1.29 is 38.1 Å². The van der Waals surface area contributed by atoms with Crippen LogP contribution in [0, 0.1) is 24.2 Å². The summed E-state index contributed by atoms with van der Waals surface area (Å²) in [5.41, 5.74) is -0.814. The lowest BCUT2D eigenvalue weighted by Gasteiger charge is -2.40. The summed E-state index contributed by atoms with van der Waals surface area (Å²) in [6, 6.07) is -2.86. The summed E-state index contributed by atoms with van der Waals surface area (Å²) in [5.74, 6) is -4.59. The Morgan fingerprint density at radius 2 is 1.55 bits per heavy atom. The number of ketones is 1. The molecule has 15 nitrogen and oxygen atoms in total. The first-order valence-electron chi connectivity index (χ1n) is 19.5. The van der Waals surface area contributed by atoms with E-state index < -0.39 is 70.8 Å². The minimum absolute atomic E-state index is 0.00745. The van der Waals surface area contributed by atoms with E-state index in [9.17, 15) is 33.6 Å². The van der Waals surface area contributed by atoms with Gasteiger partial charge in [0.05, 0.1) is 6.04 Å². The molecule has 0 radical (unpaired) electrons. The molecule has 0 unspecified atom stereocenters. The second-order valence-electron chi connectivity index (χ2n) is 16.5. The number of carbonyl (C=O) groups excluding carboxylic acids is 7. The summed E-state index contributed by atoms with van der Waals surface area (Å²) in [6.07, 6.45) is 10.3. The van der Waals surface area contributed by atoms with Crippen LogP contribution in [0.4, 0.5) is 5.82 Å². The highest BCUT2D eigenvalue weighted by molar-refractivity contribution is 6.40. The van der Waals surface area contributed by atoms with Gasteiger partial charge in [-0.1, -0.05) is 71.4 Å². The molecule has 4 fully saturated rings. The smallest absolute Gasteiger partial charge is 0.314 e. The maximum absolute atomic E-state index is 14.8. The SMILES string of the molecule is CCC[C@H](NC(=O)[C@@H]1C[C@@H]2CCCC[C@@H]2N1C(=O)[C@@H](NC(=O)[C@@H](NC(=O)C(=O)Nc1cc(C)on1)C1CCCCC1)C(C)(C)C)C(=O)C(=O)NC1CC1. The van der Waals surface area contributed by atoms with Crippen LogP contribution in [0.2, 0.25) is 0 Å². The van der Waals surface area contributed by atoms with E-state index in [2.05, 4.69) is 31.7 Å². The molecule has 0 aromatic carbocycles. The number of amides is 6. The third kappa shape index (κ3) is 10.0. The van der Waals surface area contributed by atoms with E-state index in [4.69, 9.17) is 4.52 Å². The minimum atomic E-state index is -1.09. The first-order chi connectivity index (χ1) is 25.2. The molecule has 4 aliphatic rings. The van der Waals surface area contributed by atoms with Gasteiger partial charge in [0, 0.05) is 18.2 Å². The number of fused-ring (bicyclic) bond motifs is 1. The minimum Gasteiger partial charge on any atom is -0.360 e. The maximum atomic E-state index is 14.8. The van der Waals surface area contributed by atoms with Crippen molar-refractivity contribution in [2.45, 2.75) is 161 Å². The van der Waals surface area contributed by atoms with E-state index >= 15 is 0 Å². The number of hydrogen-bond acceptors (Lipinski definition) is 9. The Morgan fingerprint density at radius 3 is 2.17 bits per heavy atom. The number of nitrogens with zero attached hydrogens (tertiary/aromatic N) is 2. The average Bonchev–Trinajstić information content (AvgIpc) is 3.71. The highest BCUT2D eigenvalue weighted by Crippen LogP contribution is 2.41. The number of likely N-dealkylation sites (tertiary alicyclic amines) is 1. The molecule has 53 heavy (non-hydrogen) atoms. The molecule has 3 saturated carbocycles. The van der Waals surface area contributed by atoms with Crippen molar-refractivity contribution in [2.24, 2.45) is 17.3 Å². The molecule has 6 amide bonds. The van der Waals surface area contributed by atoms with Crippen LogP contribution >= 0.6 is 0 Å². The monoisotopic (exact) mass is 739 g/mol. The molecule has 5 rings (SSSR count). The fourth-order valence-electron chi connectivity index (χ4n) is 8.18. The van der Waals surface area contributed by atoms with Crippen LogP contribution < -0.4 is 26.6 Å². The Hall–Kier alpha value is -4.30. The van der Waals surface area contributed by atoms with Gasteiger partial charge in [-0.25, -0.2) is 0 Å². The summed E-state index contributed by atoms with van der Waals surface area (Å²) in [4.78, 5) is 96.7. The zero-order chi connectivity index (χ0) is 38.4. The first kappa shape index (κ1) is 39.9. The van der Waals surface area contributed by atoms with Gasteiger partial charge < -0.3 is 30.7 Å². The Kier molecular flexibility index (Phi) is 13.0. The van der Waals surface area contributed by atoms with Crippen LogP contribution in [0.25, 0.3) is 0 Å². The van der Waals surface area contributed by atoms with Gasteiger partial charge in [-0.15, -0.1) is 0 Å². The molecule has 0 bridgehead atoms. The van der Waals surface area contributed by atoms with Crippen LogP contribution in [0.3, 0.4) is 0 Å².